The lowest BCUT2D eigenvalue weighted by Gasteiger charge is -2.27. The molecule has 2 aromatic heterocycles. The number of nitrogens with zero attached hydrogens (tertiary/aromatic N) is 5. The molecule has 4 rings (SSSR count). The molecule has 1 amide bonds. The van der Waals surface area contributed by atoms with Crippen LogP contribution in [0.5, 0.6) is 0 Å². The van der Waals surface area contributed by atoms with Gasteiger partial charge in [-0.1, -0.05) is 6.92 Å². The minimum absolute atomic E-state index is 0.00348. The SMILES string of the molecule is CCCn1nc2c(c1C)C(c1cnc(N3CCCCC3)nc1)CC(=O)N2. The molecule has 138 valence electrons. The predicted molar refractivity (Wildman–Crippen MR) is 100 cm³/mol. The van der Waals surface area contributed by atoms with E-state index in [2.05, 4.69) is 39.1 Å². The molecule has 1 unspecified atom stereocenters. The molecule has 26 heavy (non-hydrogen) atoms. The monoisotopic (exact) mass is 354 g/mol. The van der Waals surface area contributed by atoms with Crippen molar-refractivity contribution in [2.24, 2.45) is 0 Å². The summed E-state index contributed by atoms with van der Waals surface area (Å²) in [4.78, 5) is 23.6. The average molecular weight is 354 g/mol. The smallest absolute Gasteiger partial charge is 0.226 e. The summed E-state index contributed by atoms with van der Waals surface area (Å²) in [5.41, 5.74) is 3.21. The van der Waals surface area contributed by atoms with Crippen molar-refractivity contribution < 1.29 is 4.79 Å². The maximum Gasteiger partial charge on any atom is 0.226 e. The quantitative estimate of drug-likeness (QED) is 0.914. The second kappa shape index (κ2) is 7.05. The number of hydrogen-bond donors (Lipinski definition) is 1. The molecule has 2 aliphatic heterocycles. The summed E-state index contributed by atoms with van der Waals surface area (Å²) in [6, 6.07) is 0. The maximum atomic E-state index is 12.2. The number of amides is 1. The number of anilines is 2. The van der Waals surface area contributed by atoms with Crippen LogP contribution in [0.3, 0.4) is 0 Å². The number of nitrogens with one attached hydrogen (secondary N) is 1. The summed E-state index contributed by atoms with van der Waals surface area (Å²) in [5.74, 6) is 1.47. The van der Waals surface area contributed by atoms with Crippen molar-refractivity contribution in [2.45, 2.75) is 58.4 Å². The first-order chi connectivity index (χ1) is 12.7. The minimum atomic E-state index is -0.0280. The van der Waals surface area contributed by atoms with Crippen LogP contribution in [0.2, 0.25) is 0 Å². The number of aryl methyl sites for hydroxylation is 1. The average Bonchev–Trinajstić information content (AvgIpc) is 2.98. The zero-order chi connectivity index (χ0) is 18.1. The summed E-state index contributed by atoms with van der Waals surface area (Å²) >= 11 is 0. The van der Waals surface area contributed by atoms with Gasteiger partial charge in [0.15, 0.2) is 5.82 Å². The fourth-order valence-corrected chi connectivity index (χ4v) is 4.02. The zero-order valence-corrected chi connectivity index (χ0v) is 15.5. The molecule has 1 N–H and O–H groups in total. The Bertz CT molecular complexity index is 791. The molecule has 2 aromatic rings. The van der Waals surface area contributed by atoms with Gasteiger partial charge in [-0.2, -0.15) is 5.10 Å². The van der Waals surface area contributed by atoms with Gasteiger partial charge in [-0.05, 0) is 38.2 Å². The molecule has 1 saturated heterocycles. The van der Waals surface area contributed by atoms with E-state index in [1.165, 1.54) is 19.3 Å². The summed E-state index contributed by atoms with van der Waals surface area (Å²) in [7, 11) is 0. The summed E-state index contributed by atoms with van der Waals surface area (Å²) in [5, 5.41) is 7.52. The van der Waals surface area contributed by atoms with Crippen LogP contribution in [0, 0.1) is 6.92 Å². The predicted octanol–water partition coefficient (Wildman–Crippen LogP) is 2.86. The Morgan fingerprint density at radius 3 is 2.62 bits per heavy atom. The summed E-state index contributed by atoms with van der Waals surface area (Å²) < 4.78 is 1.99. The van der Waals surface area contributed by atoms with Gasteiger partial charge in [-0.25, -0.2) is 9.97 Å². The number of fused-ring (bicyclic) bond motifs is 1. The lowest BCUT2D eigenvalue weighted by molar-refractivity contribution is -0.116. The summed E-state index contributed by atoms with van der Waals surface area (Å²) in [6.07, 6.45) is 8.89. The van der Waals surface area contributed by atoms with Crippen molar-refractivity contribution in [3.63, 3.8) is 0 Å². The molecule has 0 spiro atoms. The van der Waals surface area contributed by atoms with Gasteiger partial charge in [-0.15, -0.1) is 0 Å². The molecule has 0 aromatic carbocycles. The molecule has 1 atom stereocenters. The lowest BCUT2D eigenvalue weighted by atomic mass is 9.87. The van der Waals surface area contributed by atoms with Crippen molar-refractivity contribution in [3.8, 4) is 0 Å². The Labute approximate surface area is 153 Å². The molecule has 0 saturated carbocycles. The highest BCUT2D eigenvalue weighted by molar-refractivity contribution is 5.94. The Morgan fingerprint density at radius 1 is 1.19 bits per heavy atom. The highest BCUT2D eigenvalue weighted by atomic mass is 16.1. The number of rotatable bonds is 4. The van der Waals surface area contributed by atoms with E-state index in [1.54, 1.807) is 0 Å². The standard InChI is InChI=1S/C19H26N6O/c1-3-7-25-13(2)17-15(10-16(26)22-18(17)23-25)14-11-20-19(21-12-14)24-8-5-4-6-9-24/h11-12,15H,3-10H2,1-2H3,(H,22,23,26). The van der Waals surface area contributed by atoms with Crippen LogP contribution >= 0.6 is 0 Å². The molecule has 0 aliphatic carbocycles. The van der Waals surface area contributed by atoms with E-state index in [9.17, 15) is 4.79 Å². The Hall–Kier alpha value is -2.44. The molecule has 7 heteroatoms. The maximum absolute atomic E-state index is 12.2. The largest absolute Gasteiger partial charge is 0.341 e. The lowest BCUT2D eigenvalue weighted by Crippen LogP contribution is -2.31. The molecule has 0 bridgehead atoms. The zero-order valence-electron chi connectivity index (χ0n) is 15.5. The van der Waals surface area contributed by atoms with E-state index in [4.69, 9.17) is 0 Å². The fourth-order valence-electron chi connectivity index (χ4n) is 4.02. The van der Waals surface area contributed by atoms with Gasteiger partial charge in [0.2, 0.25) is 11.9 Å². The first kappa shape index (κ1) is 17.0. The molecular weight excluding hydrogens is 328 g/mol. The third-order valence-corrected chi connectivity index (χ3v) is 5.38. The van der Waals surface area contributed by atoms with Gasteiger partial charge in [0.1, 0.15) is 0 Å². The highest BCUT2D eigenvalue weighted by Crippen LogP contribution is 2.38. The third kappa shape index (κ3) is 3.06. The van der Waals surface area contributed by atoms with Crippen LogP contribution in [0.4, 0.5) is 11.8 Å². The highest BCUT2D eigenvalue weighted by Gasteiger charge is 2.32. The number of piperidine rings is 1. The van der Waals surface area contributed by atoms with Gasteiger partial charge < -0.3 is 10.2 Å². The Balaban J connectivity index is 1.64. The van der Waals surface area contributed by atoms with Gasteiger partial charge in [-0.3, -0.25) is 9.48 Å². The molecule has 2 aliphatic rings. The topological polar surface area (TPSA) is 75.9 Å². The van der Waals surface area contributed by atoms with Gasteiger partial charge in [0.25, 0.3) is 0 Å². The van der Waals surface area contributed by atoms with E-state index in [1.807, 2.05) is 17.1 Å². The Morgan fingerprint density at radius 2 is 1.92 bits per heavy atom. The molecule has 4 heterocycles. The van der Waals surface area contributed by atoms with Crippen molar-refractivity contribution in [1.29, 1.82) is 0 Å². The first-order valence-electron chi connectivity index (χ1n) is 9.61. The van der Waals surface area contributed by atoms with Crippen LogP contribution in [-0.2, 0) is 11.3 Å². The van der Waals surface area contributed by atoms with E-state index < -0.39 is 0 Å². The van der Waals surface area contributed by atoms with E-state index in [-0.39, 0.29) is 11.8 Å². The van der Waals surface area contributed by atoms with Crippen LogP contribution in [0.15, 0.2) is 12.4 Å². The molecule has 0 radical (unpaired) electrons. The molecular formula is C19H26N6O. The van der Waals surface area contributed by atoms with Crippen molar-refractivity contribution in [1.82, 2.24) is 19.7 Å². The van der Waals surface area contributed by atoms with Crippen LogP contribution < -0.4 is 10.2 Å². The fraction of sp³-hybridized carbons (Fsp3) is 0.579. The first-order valence-corrected chi connectivity index (χ1v) is 9.61. The molecule has 7 nitrogen and oxygen atoms in total. The van der Waals surface area contributed by atoms with Crippen molar-refractivity contribution in [2.75, 3.05) is 23.3 Å². The van der Waals surface area contributed by atoms with Gasteiger partial charge >= 0.3 is 0 Å². The second-order valence-electron chi connectivity index (χ2n) is 7.24. The number of carbonyl (C=O) groups excluding carboxylic acids is 1. The number of hydrogen-bond acceptors (Lipinski definition) is 5. The van der Waals surface area contributed by atoms with Crippen molar-refractivity contribution in [3.05, 3.63) is 29.2 Å². The third-order valence-electron chi connectivity index (χ3n) is 5.38. The van der Waals surface area contributed by atoms with E-state index >= 15 is 0 Å². The Kier molecular flexibility index (Phi) is 4.61. The number of aromatic nitrogens is 4. The van der Waals surface area contributed by atoms with Crippen molar-refractivity contribution >= 4 is 17.7 Å². The number of carbonyl (C=O) groups is 1. The van der Waals surface area contributed by atoms with Gasteiger partial charge in [0, 0.05) is 55.6 Å². The summed E-state index contributed by atoms with van der Waals surface area (Å²) in [6.45, 7) is 7.11. The second-order valence-corrected chi connectivity index (χ2v) is 7.24. The van der Waals surface area contributed by atoms with E-state index in [0.717, 1.165) is 48.8 Å². The molecule has 1 fully saturated rings. The van der Waals surface area contributed by atoms with Gasteiger partial charge in [0.05, 0.1) is 0 Å². The van der Waals surface area contributed by atoms with Crippen LogP contribution in [0.1, 0.15) is 61.8 Å². The van der Waals surface area contributed by atoms with Crippen LogP contribution in [-0.4, -0.2) is 38.7 Å². The normalized spacial score (nSPS) is 20.0. The van der Waals surface area contributed by atoms with Crippen LogP contribution in [0.25, 0.3) is 0 Å². The minimum Gasteiger partial charge on any atom is -0.341 e. The van der Waals surface area contributed by atoms with E-state index in [0.29, 0.717) is 12.2 Å².